The Morgan fingerprint density at radius 2 is 1.90 bits per heavy atom. The van der Waals surface area contributed by atoms with Gasteiger partial charge in [-0.15, -0.1) is 0 Å². The molecule has 0 spiro atoms. The summed E-state index contributed by atoms with van der Waals surface area (Å²) in [4.78, 5) is 16.8. The summed E-state index contributed by atoms with van der Waals surface area (Å²) in [6.45, 7) is 0. The highest BCUT2D eigenvalue weighted by molar-refractivity contribution is 9.10. The Balaban J connectivity index is 1.87. The van der Waals surface area contributed by atoms with Gasteiger partial charge in [0.05, 0.1) is 11.9 Å². The van der Waals surface area contributed by atoms with E-state index in [0.717, 1.165) is 21.1 Å². The number of fused-ring (bicyclic) bond motifs is 1. The number of carbonyl (C=O) groups is 1. The molecule has 3 rings (SSSR count). The largest absolute Gasteiger partial charge is 0.398 e. The molecule has 4 heteroatoms. The van der Waals surface area contributed by atoms with Crippen molar-refractivity contribution in [3.63, 3.8) is 0 Å². The van der Waals surface area contributed by atoms with Crippen LogP contribution in [0.15, 0.2) is 59.1 Å². The maximum absolute atomic E-state index is 12.3. The number of nitrogens with two attached hydrogens (primary N) is 1. The second-order valence-corrected chi connectivity index (χ2v) is 5.69. The number of hydrogen-bond donors (Lipinski definition) is 1. The molecule has 0 saturated carbocycles. The molecule has 0 bridgehead atoms. The molecule has 0 aliphatic rings. The first-order valence-corrected chi connectivity index (χ1v) is 7.36. The number of aromatic nitrogens is 1. The smallest absolute Gasteiger partial charge is 0.168 e. The first kappa shape index (κ1) is 13.8. The lowest BCUT2D eigenvalue weighted by Gasteiger charge is -2.05. The standard InChI is InChI=1S/C17H13BrN2O/c18-14-9-12(6-8-15(14)19)17(21)10-13-7-5-11-3-1-2-4-16(11)20-13/h1-9H,10,19H2. The molecule has 21 heavy (non-hydrogen) atoms. The first-order chi connectivity index (χ1) is 10.1. The quantitative estimate of drug-likeness (QED) is 0.579. The van der Waals surface area contributed by atoms with Crippen LogP contribution in [0.3, 0.4) is 0 Å². The van der Waals surface area contributed by atoms with Gasteiger partial charge in [0.1, 0.15) is 0 Å². The van der Waals surface area contributed by atoms with Crippen molar-refractivity contribution in [3.05, 3.63) is 70.3 Å². The number of halogens is 1. The molecule has 3 aromatic rings. The van der Waals surface area contributed by atoms with E-state index in [4.69, 9.17) is 5.73 Å². The minimum atomic E-state index is 0.0264. The molecule has 0 unspecified atom stereocenters. The predicted molar refractivity (Wildman–Crippen MR) is 88.3 cm³/mol. The molecule has 0 atom stereocenters. The highest BCUT2D eigenvalue weighted by Crippen LogP contribution is 2.21. The Hall–Kier alpha value is -2.20. The van der Waals surface area contributed by atoms with Crippen LogP contribution in [0.1, 0.15) is 16.1 Å². The lowest BCUT2D eigenvalue weighted by atomic mass is 10.1. The van der Waals surface area contributed by atoms with Crippen molar-refractivity contribution in [1.29, 1.82) is 0 Å². The molecule has 0 radical (unpaired) electrons. The summed E-state index contributed by atoms with van der Waals surface area (Å²) >= 11 is 3.34. The summed E-state index contributed by atoms with van der Waals surface area (Å²) in [6.07, 6.45) is 0.279. The average molecular weight is 341 g/mol. The fraction of sp³-hybridized carbons (Fsp3) is 0.0588. The van der Waals surface area contributed by atoms with Gasteiger partial charge in [0.15, 0.2) is 5.78 Å². The van der Waals surface area contributed by atoms with E-state index in [1.807, 2.05) is 36.4 Å². The zero-order valence-electron chi connectivity index (χ0n) is 11.2. The van der Waals surface area contributed by atoms with E-state index in [-0.39, 0.29) is 12.2 Å². The van der Waals surface area contributed by atoms with Gasteiger partial charge in [-0.2, -0.15) is 0 Å². The van der Waals surface area contributed by atoms with E-state index < -0.39 is 0 Å². The van der Waals surface area contributed by atoms with E-state index in [1.165, 1.54) is 0 Å². The third-order valence-corrected chi connectivity index (χ3v) is 4.01. The van der Waals surface area contributed by atoms with Gasteiger partial charge < -0.3 is 5.73 Å². The first-order valence-electron chi connectivity index (χ1n) is 6.56. The molecule has 2 N–H and O–H groups in total. The van der Waals surface area contributed by atoms with Gasteiger partial charge in [0.25, 0.3) is 0 Å². The van der Waals surface area contributed by atoms with Crippen LogP contribution in [-0.2, 0) is 6.42 Å². The van der Waals surface area contributed by atoms with E-state index in [9.17, 15) is 4.79 Å². The molecule has 1 aromatic heterocycles. The van der Waals surface area contributed by atoms with Gasteiger partial charge in [-0.3, -0.25) is 9.78 Å². The van der Waals surface area contributed by atoms with E-state index in [2.05, 4.69) is 20.9 Å². The third kappa shape index (κ3) is 2.95. The Labute approximate surface area is 130 Å². The molecule has 0 aliphatic heterocycles. The fourth-order valence-electron chi connectivity index (χ4n) is 2.17. The lowest BCUT2D eigenvalue weighted by molar-refractivity contribution is 0.0992. The van der Waals surface area contributed by atoms with Crippen LogP contribution in [0.4, 0.5) is 5.69 Å². The minimum absolute atomic E-state index is 0.0264. The monoisotopic (exact) mass is 340 g/mol. The predicted octanol–water partition coefficient (Wildman–Crippen LogP) is 4.00. The van der Waals surface area contributed by atoms with Crippen LogP contribution in [0.2, 0.25) is 0 Å². The zero-order chi connectivity index (χ0) is 14.8. The van der Waals surface area contributed by atoms with E-state index in [1.54, 1.807) is 18.2 Å². The van der Waals surface area contributed by atoms with Crippen molar-refractivity contribution in [1.82, 2.24) is 4.98 Å². The summed E-state index contributed by atoms with van der Waals surface area (Å²) in [5.41, 5.74) is 8.66. The molecule has 2 aromatic carbocycles. The van der Waals surface area contributed by atoms with Crippen LogP contribution in [0.5, 0.6) is 0 Å². The number of rotatable bonds is 3. The molecule has 3 nitrogen and oxygen atoms in total. The highest BCUT2D eigenvalue weighted by atomic mass is 79.9. The number of anilines is 1. The molecule has 0 aliphatic carbocycles. The summed E-state index contributed by atoms with van der Waals surface area (Å²) in [5.74, 6) is 0.0264. The summed E-state index contributed by atoms with van der Waals surface area (Å²) in [5, 5.41) is 1.07. The van der Waals surface area contributed by atoms with Gasteiger partial charge in [-0.1, -0.05) is 24.3 Å². The molecule has 104 valence electrons. The number of nitrogen functional groups attached to an aromatic ring is 1. The molecule has 0 amide bonds. The van der Waals surface area contributed by atoms with Gasteiger partial charge in [0, 0.05) is 26.8 Å². The molecule has 1 heterocycles. The highest BCUT2D eigenvalue weighted by Gasteiger charge is 2.10. The summed E-state index contributed by atoms with van der Waals surface area (Å²) < 4.78 is 0.736. The number of para-hydroxylation sites is 1. The topological polar surface area (TPSA) is 56.0 Å². The van der Waals surface area contributed by atoms with Gasteiger partial charge in [-0.05, 0) is 46.3 Å². The van der Waals surface area contributed by atoms with Crippen molar-refractivity contribution < 1.29 is 4.79 Å². The van der Waals surface area contributed by atoms with Crippen LogP contribution in [-0.4, -0.2) is 10.8 Å². The van der Waals surface area contributed by atoms with Crippen molar-refractivity contribution >= 4 is 38.3 Å². The van der Waals surface area contributed by atoms with Crippen LogP contribution >= 0.6 is 15.9 Å². The number of carbonyl (C=O) groups excluding carboxylic acids is 1. The summed E-state index contributed by atoms with van der Waals surface area (Å²) in [6, 6.07) is 17.0. The minimum Gasteiger partial charge on any atom is -0.398 e. The number of benzene rings is 2. The molecular formula is C17H13BrN2O. The zero-order valence-corrected chi connectivity index (χ0v) is 12.8. The Morgan fingerprint density at radius 3 is 2.71 bits per heavy atom. The maximum Gasteiger partial charge on any atom is 0.168 e. The summed E-state index contributed by atoms with van der Waals surface area (Å²) in [7, 11) is 0. The van der Waals surface area contributed by atoms with Crippen LogP contribution < -0.4 is 5.73 Å². The van der Waals surface area contributed by atoms with Crippen LogP contribution in [0, 0.1) is 0 Å². The average Bonchev–Trinajstić information content (AvgIpc) is 2.50. The lowest BCUT2D eigenvalue weighted by Crippen LogP contribution is -2.05. The number of nitrogens with zero attached hydrogens (tertiary/aromatic N) is 1. The second kappa shape index (κ2) is 5.66. The van der Waals surface area contributed by atoms with Gasteiger partial charge >= 0.3 is 0 Å². The fourth-order valence-corrected chi connectivity index (χ4v) is 2.55. The van der Waals surface area contributed by atoms with Crippen molar-refractivity contribution in [2.45, 2.75) is 6.42 Å². The normalized spacial score (nSPS) is 10.7. The van der Waals surface area contributed by atoms with Gasteiger partial charge in [0.2, 0.25) is 0 Å². The van der Waals surface area contributed by atoms with Crippen molar-refractivity contribution in [2.24, 2.45) is 0 Å². The third-order valence-electron chi connectivity index (χ3n) is 3.32. The second-order valence-electron chi connectivity index (χ2n) is 4.83. The van der Waals surface area contributed by atoms with Gasteiger partial charge in [-0.25, -0.2) is 0 Å². The number of ketones is 1. The van der Waals surface area contributed by atoms with E-state index >= 15 is 0 Å². The number of pyridine rings is 1. The Morgan fingerprint density at radius 1 is 1.10 bits per heavy atom. The van der Waals surface area contributed by atoms with Crippen molar-refractivity contribution in [3.8, 4) is 0 Å². The molecular weight excluding hydrogens is 328 g/mol. The van der Waals surface area contributed by atoms with Crippen LogP contribution in [0.25, 0.3) is 10.9 Å². The van der Waals surface area contributed by atoms with Crippen molar-refractivity contribution in [2.75, 3.05) is 5.73 Å². The van der Waals surface area contributed by atoms with E-state index in [0.29, 0.717) is 11.3 Å². The molecule has 0 fully saturated rings. The SMILES string of the molecule is Nc1ccc(C(=O)Cc2ccc3ccccc3n2)cc1Br. The maximum atomic E-state index is 12.3. The number of hydrogen-bond acceptors (Lipinski definition) is 3. The Bertz CT molecular complexity index is 830. The number of Topliss-reactive ketones (excluding diaryl/α,β-unsaturated/α-hetero) is 1. The Kier molecular flexibility index (Phi) is 3.71. The molecule has 0 saturated heterocycles.